The van der Waals surface area contributed by atoms with E-state index < -0.39 is 11.9 Å². The van der Waals surface area contributed by atoms with Gasteiger partial charge in [0.1, 0.15) is 17.6 Å². The molecule has 1 aromatic carbocycles. The molecule has 1 saturated carbocycles. The normalized spacial score (nSPS) is 24.2. The van der Waals surface area contributed by atoms with Crippen LogP contribution in [0.4, 0.5) is 15.9 Å². The van der Waals surface area contributed by atoms with Crippen LogP contribution in [-0.2, 0) is 4.79 Å². The predicted molar refractivity (Wildman–Crippen MR) is 126 cm³/mol. The molecule has 1 unspecified atom stereocenters. The molecule has 1 spiro atoms. The lowest BCUT2D eigenvalue weighted by atomic mass is 9.89. The summed E-state index contributed by atoms with van der Waals surface area (Å²) in [5, 5.41) is 15.9. The van der Waals surface area contributed by atoms with E-state index in [4.69, 9.17) is 0 Å². The molecule has 34 heavy (non-hydrogen) atoms. The van der Waals surface area contributed by atoms with Crippen molar-refractivity contribution < 1.29 is 9.18 Å². The number of halogens is 1. The van der Waals surface area contributed by atoms with Crippen LogP contribution in [0.1, 0.15) is 42.9 Å². The van der Waals surface area contributed by atoms with E-state index in [-0.39, 0.29) is 22.6 Å². The Kier molecular flexibility index (Phi) is 4.96. The lowest BCUT2D eigenvalue weighted by Gasteiger charge is -2.33. The van der Waals surface area contributed by atoms with Gasteiger partial charge in [0, 0.05) is 43.0 Å². The number of nitrogens with zero attached hydrogens (tertiary/aromatic N) is 4. The van der Waals surface area contributed by atoms with Gasteiger partial charge < -0.3 is 15.5 Å². The van der Waals surface area contributed by atoms with Crippen LogP contribution in [0, 0.1) is 22.6 Å². The third kappa shape index (κ3) is 3.57. The minimum atomic E-state index is -1.00. The topological polar surface area (TPSA) is 93.4 Å². The molecule has 6 rings (SSSR count). The lowest BCUT2D eigenvalue weighted by Crippen LogP contribution is -2.40. The van der Waals surface area contributed by atoms with Crippen molar-refractivity contribution in [1.82, 2.24) is 15.6 Å². The van der Waals surface area contributed by atoms with Gasteiger partial charge in [-0.25, -0.2) is 14.4 Å². The summed E-state index contributed by atoms with van der Waals surface area (Å²) in [7, 11) is 0. The fourth-order valence-corrected chi connectivity index (χ4v) is 5.33. The number of nitrogens with one attached hydrogen (secondary N) is 2. The highest BCUT2D eigenvalue weighted by Crippen LogP contribution is 2.53. The van der Waals surface area contributed by atoms with E-state index in [1.165, 1.54) is 43.9 Å². The molecule has 3 aliphatic heterocycles. The van der Waals surface area contributed by atoms with Crippen LogP contribution in [0.25, 0.3) is 0 Å². The van der Waals surface area contributed by atoms with Crippen LogP contribution in [0.15, 0.2) is 52.8 Å². The maximum atomic E-state index is 14.7. The number of carbonyl (C=O) groups excluding carboxylic acids is 1. The first-order valence-electron chi connectivity index (χ1n) is 11.8. The van der Waals surface area contributed by atoms with Crippen LogP contribution in [-0.4, -0.2) is 42.7 Å². The average Bonchev–Trinajstić information content (AvgIpc) is 3.44. The van der Waals surface area contributed by atoms with Crippen molar-refractivity contribution in [3.8, 4) is 6.07 Å². The highest BCUT2D eigenvalue weighted by Gasteiger charge is 2.44. The van der Waals surface area contributed by atoms with E-state index in [0.717, 1.165) is 30.0 Å². The number of aromatic nitrogens is 1. The zero-order valence-electron chi connectivity index (χ0n) is 18.8. The summed E-state index contributed by atoms with van der Waals surface area (Å²) in [6.45, 7) is 3.12. The number of hydrogen-bond donors (Lipinski definition) is 2. The number of rotatable bonds is 3. The van der Waals surface area contributed by atoms with Crippen molar-refractivity contribution in [2.24, 2.45) is 10.4 Å². The molecule has 7 nitrogen and oxygen atoms in total. The Labute approximate surface area is 197 Å². The summed E-state index contributed by atoms with van der Waals surface area (Å²) in [5.41, 5.74) is 3.72. The van der Waals surface area contributed by atoms with E-state index in [0.29, 0.717) is 24.3 Å². The number of aliphatic imine (C=N–C) groups is 1. The second-order valence-corrected chi connectivity index (χ2v) is 9.64. The minimum Gasteiger partial charge on any atom is -0.373 e. The van der Waals surface area contributed by atoms with Gasteiger partial charge in [0.25, 0.3) is 0 Å². The fourth-order valence-electron chi connectivity index (χ4n) is 5.33. The van der Waals surface area contributed by atoms with Gasteiger partial charge in [0.05, 0.1) is 23.5 Å². The van der Waals surface area contributed by atoms with Gasteiger partial charge in [-0.1, -0.05) is 6.07 Å². The van der Waals surface area contributed by atoms with E-state index >= 15 is 0 Å². The molecular formula is C26H25FN6O. The molecule has 172 valence electrons. The Morgan fingerprint density at radius 1 is 1.15 bits per heavy atom. The van der Waals surface area contributed by atoms with Gasteiger partial charge in [-0.2, -0.15) is 5.26 Å². The van der Waals surface area contributed by atoms with Gasteiger partial charge in [0.2, 0.25) is 5.78 Å². The van der Waals surface area contributed by atoms with E-state index in [1.54, 1.807) is 0 Å². The largest absolute Gasteiger partial charge is 0.373 e. The van der Waals surface area contributed by atoms with Crippen LogP contribution in [0.2, 0.25) is 0 Å². The number of hydrogen-bond acceptors (Lipinski definition) is 7. The smallest absolute Gasteiger partial charge is 0.208 e. The van der Waals surface area contributed by atoms with Gasteiger partial charge in [0.15, 0.2) is 5.82 Å². The molecule has 1 aromatic heterocycles. The van der Waals surface area contributed by atoms with Crippen molar-refractivity contribution in [2.75, 3.05) is 31.1 Å². The van der Waals surface area contributed by atoms with Crippen LogP contribution >= 0.6 is 0 Å². The maximum Gasteiger partial charge on any atom is 0.208 e. The zero-order valence-corrected chi connectivity index (χ0v) is 18.8. The number of nitriles is 1. The molecule has 2 N–H and O–H groups in total. The first-order valence-corrected chi connectivity index (χ1v) is 11.8. The van der Waals surface area contributed by atoms with Gasteiger partial charge in [-0.15, -0.1) is 0 Å². The number of piperidine rings is 1. The Morgan fingerprint density at radius 2 is 1.97 bits per heavy atom. The first kappa shape index (κ1) is 21.0. The summed E-state index contributed by atoms with van der Waals surface area (Å²) in [6, 6.07) is 9.10. The average molecular weight is 457 g/mol. The molecular weight excluding hydrogens is 431 g/mol. The number of benzene rings is 1. The molecule has 1 atom stereocenters. The van der Waals surface area contributed by atoms with Gasteiger partial charge >= 0.3 is 0 Å². The van der Waals surface area contributed by atoms with Crippen molar-refractivity contribution in [3.05, 3.63) is 64.7 Å². The van der Waals surface area contributed by atoms with Crippen molar-refractivity contribution in [3.63, 3.8) is 0 Å². The Balaban J connectivity index is 1.30. The summed E-state index contributed by atoms with van der Waals surface area (Å²) in [4.78, 5) is 25.0. The molecule has 2 aromatic rings. The highest BCUT2D eigenvalue weighted by molar-refractivity contribution is 6.49. The summed E-state index contributed by atoms with van der Waals surface area (Å²) >= 11 is 0. The Morgan fingerprint density at radius 3 is 2.68 bits per heavy atom. The standard InChI is InChI=1S/C26H25FN6O/c27-19-3-1-2-16(12-28)22(19)24-25(34)23(18-14-29-15-20(18)31-24)32-21-5-4-17(13-30-21)33-10-8-26(6-7-26)9-11-33/h1-5,13,24,29,31H,6-11,14-15H2. The molecule has 4 aliphatic rings. The maximum absolute atomic E-state index is 14.7. The molecule has 4 heterocycles. The van der Waals surface area contributed by atoms with E-state index in [9.17, 15) is 14.4 Å². The quantitative estimate of drug-likeness (QED) is 0.736. The van der Waals surface area contributed by atoms with Crippen molar-refractivity contribution in [1.29, 1.82) is 5.26 Å². The molecule has 1 aliphatic carbocycles. The van der Waals surface area contributed by atoms with Crippen LogP contribution in [0.5, 0.6) is 0 Å². The third-order valence-electron chi connectivity index (χ3n) is 7.63. The first-order chi connectivity index (χ1) is 16.6. The summed E-state index contributed by atoms with van der Waals surface area (Å²) in [5.74, 6) is -0.506. The van der Waals surface area contributed by atoms with Crippen LogP contribution < -0.4 is 15.5 Å². The molecule has 1 saturated heterocycles. The zero-order chi connectivity index (χ0) is 23.3. The molecule has 0 amide bonds. The van der Waals surface area contributed by atoms with Crippen LogP contribution in [0.3, 0.4) is 0 Å². The SMILES string of the molecule is N#Cc1cccc(F)c1C1NC2=C(CNC2)C(=Nc2ccc(N3CCC4(CC3)CC4)cn2)C1=O. The number of anilines is 1. The minimum absolute atomic E-state index is 0.0583. The molecule has 2 fully saturated rings. The summed E-state index contributed by atoms with van der Waals surface area (Å²) in [6.07, 6.45) is 7.04. The predicted octanol–water partition coefficient (Wildman–Crippen LogP) is 3.32. The third-order valence-corrected chi connectivity index (χ3v) is 7.63. The molecule has 8 heteroatoms. The molecule has 0 bridgehead atoms. The Bertz CT molecular complexity index is 1260. The Hall–Kier alpha value is -3.57. The number of pyridine rings is 1. The summed E-state index contributed by atoms with van der Waals surface area (Å²) < 4.78 is 14.7. The van der Waals surface area contributed by atoms with E-state index in [1.807, 2.05) is 24.4 Å². The molecule has 0 radical (unpaired) electrons. The van der Waals surface area contributed by atoms with E-state index in [2.05, 4.69) is 25.5 Å². The van der Waals surface area contributed by atoms with Gasteiger partial charge in [-0.3, -0.25) is 4.79 Å². The second-order valence-electron chi connectivity index (χ2n) is 9.64. The monoisotopic (exact) mass is 456 g/mol. The number of carbonyl (C=O) groups is 1. The fraction of sp³-hybridized carbons (Fsp3) is 0.385. The number of Topliss-reactive ketones (excluding diaryl/α,β-unsaturated/α-hetero) is 1. The van der Waals surface area contributed by atoms with Crippen molar-refractivity contribution in [2.45, 2.75) is 31.7 Å². The van der Waals surface area contributed by atoms with Gasteiger partial charge in [-0.05, 0) is 55.4 Å². The highest BCUT2D eigenvalue weighted by atomic mass is 19.1. The lowest BCUT2D eigenvalue weighted by molar-refractivity contribution is -0.115. The number of ketones is 1. The van der Waals surface area contributed by atoms with Crippen molar-refractivity contribution >= 4 is 23.0 Å². The second kappa shape index (κ2) is 8.03.